The van der Waals surface area contributed by atoms with E-state index in [1.54, 1.807) is 0 Å². The summed E-state index contributed by atoms with van der Waals surface area (Å²) in [5.41, 5.74) is 2.70. The molecule has 14 heavy (non-hydrogen) atoms. The molecule has 1 atom stereocenters. The predicted octanol–water partition coefficient (Wildman–Crippen LogP) is 3.04. The fraction of sp³-hybridized carbons (Fsp3) is 0.727. The number of rotatable bonds is 2. The highest BCUT2D eigenvalue weighted by molar-refractivity contribution is 9.09. The average Bonchev–Trinajstić information content (AvgIpc) is 2.28. The van der Waals surface area contributed by atoms with E-state index in [2.05, 4.69) is 54.9 Å². The second-order valence-electron chi connectivity index (χ2n) is 4.91. The summed E-state index contributed by atoms with van der Waals surface area (Å²) in [7, 11) is 1.98. The Morgan fingerprint density at radius 1 is 1.50 bits per heavy atom. The first-order chi connectivity index (χ1) is 6.30. The molecule has 0 aliphatic rings. The molecule has 0 bridgehead atoms. The zero-order valence-corrected chi connectivity index (χ0v) is 11.2. The molecule has 0 N–H and O–H groups in total. The maximum atomic E-state index is 4.53. The fourth-order valence-electron chi connectivity index (χ4n) is 1.62. The first-order valence-electron chi connectivity index (χ1n) is 4.98. The molecule has 0 aliphatic heterocycles. The Morgan fingerprint density at radius 2 is 2.07 bits per heavy atom. The van der Waals surface area contributed by atoms with Crippen LogP contribution in [-0.2, 0) is 18.9 Å². The van der Waals surface area contributed by atoms with Crippen molar-refractivity contribution in [2.75, 3.05) is 0 Å². The lowest BCUT2D eigenvalue weighted by Gasteiger charge is -2.17. The first-order valence-corrected chi connectivity index (χ1v) is 5.89. The van der Waals surface area contributed by atoms with Gasteiger partial charge in [0.05, 0.1) is 5.69 Å². The van der Waals surface area contributed by atoms with E-state index in [4.69, 9.17) is 0 Å². The van der Waals surface area contributed by atoms with Crippen LogP contribution >= 0.6 is 15.9 Å². The zero-order chi connectivity index (χ0) is 10.9. The quantitative estimate of drug-likeness (QED) is 0.746. The van der Waals surface area contributed by atoms with E-state index in [9.17, 15) is 0 Å². The summed E-state index contributed by atoms with van der Waals surface area (Å²) in [6.45, 7) is 8.78. The molecule has 1 heterocycles. The van der Waals surface area contributed by atoms with E-state index in [1.807, 2.05) is 11.7 Å². The first kappa shape index (κ1) is 11.8. The molecule has 0 saturated heterocycles. The molecule has 2 nitrogen and oxygen atoms in total. The SMILES string of the molecule is CC(Br)Cc1cn(C)nc1C(C)(C)C. The van der Waals surface area contributed by atoms with Crippen LogP contribution in [0, 0.1) is 0 Å². The van der Waals surface area contributed by atoms with Gasteiger partial charge in [-0.25, -0.2) is 0 Å². The minimum Gasteiger partial charge on any atom is -0.275 e. The molecule has 0 fully saturated rings. The van der Waals surface area contributed by atoms with E-state index in [1.165, 1.54) is 11.3 Å². The van der Waals surface area contributed by atoms with Crippen molar-refractivity contribution in [2.24, 2.45) is 7.05 Å². The zero-order valence-electron chi connectivity index (χ0n) is 9.63. The molecular formula is C11H19BrN2. The van der Waals surface area contributed by atoms with Crippen LogP contribution in [0.4, 0.5) is 0 Å². The summed E-state index contributed by atoms with van der Waals surface area (Å²) in [4.78, 5) is 0.507. The third kappa shape index (κ3) is 2.84. The maximum Gasteiger partial charge on any atom is 0.0710 e. The molecule has 80 valence electrons. The summed E-state index contributed by atoms with van der Waals surface area (Å²) in [5.74, 6) is 0. The number of alkyl halides is 1. The van der Waals surface area contributed by atoms with Crippen LogP contribution in [0.5, 0.6) is 0 Å². The second kappa shape index (κ2) is 4.05. The van der Waals surface area contributed by atoms with Crippen molar-refractivity contribution >= 4 is 15.9 Å². The number of hydrogen-bond acceptors (Lipinski definition) is 1. The smallest absolute Gasteiger partial charge is 0.0710 e. The molecule has 0 aliphatic carbocycles. The number of nitrogens with zero attached hydrogens (tertiary/aromatic N) is 2. The second-order valence-corrected chi connectivity index (χ2v) is 6.47. The van der Waals surface area contributed by atoms with Crippen molar-refractivity contribution in [3.8, 4) is 0 Å². The Labute approximate surface area is 94.8 Å². The highest BCUT2D eigenvalue weighted by Gasteiger charge is 2.22. The van der Waals surface area contributed by atoms with E-state index in [-0.39, 0.29) is 5.41 Å². The topological polar surface area (TPSA) is 17.8 Å². The molecular weight excluding hydrogens is 240 g/mol. The van der Waals surface area contributed by atoms with Crippen LogP contribution in [0.15, 0.2) is 6.20 Å². The van der Waals surface area contributed by atoms with Crippen molar-refractivity contribution in [3.05, 3.63) is 17.5 Å². The van der Waals surface area contributed by atoms with Crippen LogP contribution < -0.4 is 0 Å². The average molecular weight is 259 g/mol. The van der Waals surface area contributed by atoms with Gasteiger partial charge in [0.1, 0.15) is 0 Å². The van der Waals surface area contributed by atoms with Crippen LogP contribution in [0.3, 0.4) is 0 Å². The Balaban J connectivity index is 3.03. The predicted molar refractivity (Wildman–Crippen MR) is 64.0 cm³/mol. The minimum atomic E-state index is 0.137. The van der Waals surface area contributed by atoms with Crippen molar-refractivity contribution in [1.29, 1.82) is 0 Å². The highest BCUT2D eigenvalue weighted by atomic mass is 79.9. The molecule has 1 aromatic rings. The van der Waals surface area contributed by atoms with Crippen LogP contribution in [-0.4, -0.2) is 14.6 Å². The largest absolute Gasteiger partial charge is 0.275 e. The summed E-state index contributed by atoms with van der Waals surface area (Å²) in [6, 6.07) is 0. The molecule has 0 aromatic carbocycles. The van der Waals surface area contributed by atoms with E-state index in [0.29, 0.717) is 4.83 Å². The van der Waals surface area contributed by atoms with Crippen molar-refractivity contribution in [3.63, 3.8) is 0 Å². The summed E-state index contributed by atoms with van der Waals surface area (Å²) < 4.78 is 1.91. The standard InChI is InChI=1S/C11H19BrN2/c1-8(12)6-9-7-14(5)13-10(9)11(2,3)4/h7-8H,6H2,1-5H3. The number of aryl methyl sites for hydroxylation is 1. The van der Waals surface area contributed by atoms with Gasteiger partial charge in [-0.05, 0) is 12.0 Å². The van der Waals surface area contributed by atoms with Crippen LogP contribution in [0.1, 0.15) is 39.0 Å². The van der Waals surface area contributed by atoms with E-state index in [0.717, 1.165) is 6.42 Å². The van der Waals surface area contributed by atoms with Crippen molar-refractivity contribution in [1.82, 2.24) is 9.78 Å². The summed E-state index contributed by atoms with van der Waals surface area (Å²) in [5, 5.41) is 4.53. The van der Waals surface area contributed by atoms with Gasteiger partial charge in [-0.3, -0.25) is 4.68 Å². The van der Waals surface area contributed by atoms with Gasteiger partial charge < -0.3 is 0 Å². The lowest BCUT2D eigenvalue weighted by molar-refractivity contribution is 0.548. The molecule has 1 unspecified atom stereocenters. The lowest BCUT2D eigenvalue weighted by atomic mass is 9.88. The van der Waals surface area contributed by atoms with Gasteiger partial charge in [-0.1, -0.05) is 43.6 Å². The normalized spacial score (nSPS) is 14.4. The molecule has 0 amide bonds. The monoisotopic (exact) mass is 258 g/mol. The maximum absolute atomic E-state index is 4.53. The Kier molecular flexibility index (Phi) is 3.40. The Morgan fingerprint density at radius 3 is 2.50 bits per heavy atom. The molecule has 3 heteroatoms. The van der Waals surface area contributed by atoms with Gasteiger partial charge in [0.2, 0.25) is 0 Å². The molecule has 1 aromatic heterocycles. The number of halogens is 1. The molecule has 0 spiro atoms. The van der Waals surface area contributed by atoms with E-state index >= 15 is 0 Å². The van der Waals surface area contributed by atoms with Gasteiger partial charge in [0.15, 0.2) is 0 Å². The Hall–Kier alpha value is -0.310. The van der Waals surface area contributed by atoms with Crippen molar-refractivity contribution < 1.29 is 0 Å². The third-order valence-corrected chi connectivity index (χ3v) is 2.44. The third-order valence-electron chi connectivity index (χ3n) is 2.12. The van der Waals surface area contributed by atoms with Crippen LogP contribution in [0.25, 0.3) is 0 Å². The van der Waals surface area contributed by atoms with Gasteiger partial charge >= 0.3 is 0 Å². The fourth-order valence-corrected chi connectivity index (χ4v) is 1.97. The van der Waals surface area contributed by atoms with Gasteiger partial charge in [0, 0.05) is 23.5 Å². The minimum absolute atomic E-state index is 0.137. The number of aromatic nitrogens is 2. The van der Waals surface area contributed by atoms with Crippen molar-refractivity contribution in [2.45, 2.75) is 44.4 Å². The van der Waals surface area contributed by atoms with Gasteiger partial charge in [-0.15, -0.1) is 0 Å². The Bertz CT molecular complexity index is 308. The molecule has 0 saturated carbocycles. The summed E-state index contributed by atoms with van der Waals surface area (Å²) >= 11 is 3.58. The molecule has 1 rings (SSSR count). The van der Waals surface area contributed by atoms with Crippen LogP contribution in [0.2, 0.25) is 0 Å². The summed E-state index contributed by atoms with van der Waals surface area (Å²) in [6.07, 6.45) is 3.17. The van der Waals surface area contributed by atoms with Gasteiger partial charge in [0.25, 0.3) is 0 Å². The molecule has 0 radical (unpaired) electrons. The lowest BCUT2D eigenvalue weighted by Crippen LogP contribution is -2.15. The number of hydrogen-bond donors (Lipinski definition) is 0. The van der Waals surface area contributed by atoms with Gasteiger partial charge in [-0.2, -0.15) is 5.10 Å². The van der Waals surface area contributed by atoms with E-state index < -0.39 is 0 Å². The highest BCUT2D eigenvalue weighted by Crippen LogP contribution is 2.25.